The van der Waals surface area contributed by atoms with Crippen LogP contribution >= 0.6 is 0 Å². The Hall–Kier alpha value is -0.570. The van der Waals surface area contributed by atoms with Gasteiger partial charge < -0.3 is 10.6 Å². The maximum absolute atomic E-state index is 11.8. The third-order valence-electron chi connectivity index (χ3n) is 4.15. The van der Waals surface area contributed by atoms with Crippen LogP contribution < -0.4 is 5.73 Å². The molecule has 0 aromatic heterocycles. The van der Waals surface area contributed by atoms with E-state index in [0.717, 1.165) is 13.0 Å². The summed E-state index contributed by atoms with van der Waals surface area (Å²) in [7, 11) is 0. The van der Waals surface area contributed by atoms with Crippen molar-refractivity contribution in [2.75, 3.05) is 6.54 Å². The molecule has 2 N–H and O–H groups in total. The van der Waals surface area contributed by atoms with Crippen LogP contribution in [0.25, 0.3) is 0 Å². The predicted octanol–water partition coefficient (Wildman–Crippen LogP) is 1.51. The van der Waals surface area contributed by atoms with Crippen LogP contribution in [0.15, 0.2) is 0 Å². The average Bonchev–Trinajstić information content (AvgIpc) is 2.39. The minimum absolute atomic E-state index is 0.0642. The normalized spacial score (nSPS) is 34.3. The lowest BCUT2D eigenvalue weighted by atomic mass is 9.64. The zero-order valence-corrected chi connectivity index (χ0v) is 9.83. The Labute approximate surface area is 92.0 Å². The highest BCUT2D eigenvalue weighted by Gasteiger charge is 2.50. The number of hydrogen-bond acceptors (Lipinski definition) is 2. The Bertz CT molecular complexity index is 260. The van der Waals surface area contributed by atoms with Gasteiger partial charge >= 0.3 is 0 Å². The fourth-order valence-corrected chi connectivity index (χ4v) is 3.24. The van der Waals surface area contributed by atoms with Crippen molar-refractivity contribution in [1.29, 1.82) is 0 Å². The summed E-state index contributed by atoms with van der Waals surface area (Å²) in [6.45, 7) is 5.30. The molecule has 0 radical (unpaired) electrons. The smallest absolute Gasteiger partial charge is 0.224 e. The third kappa shape index (κ3) is 1.67. The lowest BCUT2D eigenvalue weighted by molar-refractivity contribution is -0.131. The largest absolute Gasteiger partial charge is 0.338 e. The molecule has 1 aliphatic heterocycles. The van der Waals surface area contributed by atoms with E-state index < -0.39 is 0 Å². The summed E-state index contributed by atoms with van der Waals surface area (Å²) in [6, 6.07) is 0.369. The quantitative estimate of drug-likeness (QED) is 0.767. The first-order valence-corrected chi connectivity index (χ1v) is 6.13. The van der Waals surface area contributed by atoms with E-state index in [0.29, 0.717) is 17.9 Å². The van der Waals surface area contributed by atoms with Crippen molar-refractivity contribution in [3.8, 4) is 0 Å². The van der Waals surface area contributed by atoms with Crippen molar-refractivity contribution in [2.24, 2.45) is 11.1 Å². The highest BCUT2D eigenvalue weighted by Crippen LogP contribution is 2.48. The molecule has 0 spiro atoms. The summed E-state index contributed by atoms with van der Waals surface area (Å²) < 4.78 is 0. The number of rotatable bonds is 3. The molecule has 1 heterocycles. The Morgan fingerprint density at radius 1 is 1.53 bits per heavy atom. The second-order valence-electron chi connectivity index (χ2n) is 5.41. The van der Waals surface area contributed by atoms with Crippen molar-refractivity contribution < 1.29 is 4.79 Å². The minimum Gasteiger partial charge on any atom is -0.338 e. The van der Waals surface area contributed by atoms with Gasteiger partial charge in [0.15, 0.2) is 0 Å². The first-order valence-electron chi connectivity index (χ1n) is 6.13. The molecule has 0 aromatic carbocycles. The molecule has 1 aliphatic carbocycles. The number of carbonyl (C=O) groups excluding carboxylic acids is 1. The molecular formula is C12H22N2O. The van der Waals surface area contributed by atoms with Gasteiger partial charge in [0.2, 0.25) is 5.91 Å². The van der Waals surface area contributed by atoms with E-state index >= 15 is 0 Å². The first kappa shape index (κ1) is 10.9. The average molecular weight is 210 g/mol. The number of hydrogen-bond donors (Lipinski definition) is 1. The summed E-state index contributed by atoms with van der Waals surface area (Å²) in [6.07, 6.45) is 5.36. The molecule has 2 rings (SSSR count). The Kier molecular flexibility index (Phi) is 2.75. The van der Waals surface area contributed by atoms with Crippen molar-refractivity contribution in [1.82, 2.24) is 4.90 Å². The van der Waals surface area contributed by atoms with Crippen molar-refractivity contribution in [2.45, 2.75) is 58.0 Å². The topological polar surface area (TPSA) is 46.3 Å². The number of nitrogens with two attached hydrogens (primary N) is 1. The van der Waals surface area contributed by atoms with Crippen LogP contribution in [0.1, 0.15) is 46.0 Å². The van der Waals surface area contributed by atoms with Crippen LogP contribution in [0.3, 0.4) is 0 Å². The molecule has 15 heavy (non-hydrogen) atoms. The molecule has 1 amide bonds. The van der Waals surface area contributed by atoms with Crippen LogP contribution in [0, 0.1) is 5.41 Å². The van der Waals surface area contributed by atoms with Crippen molar-refractivity contribution >= 4 is 5.91 Å². The lowest BCUT2D eigenvalue weighted by Gasteiger charge is -2.48. The van der Waals surface area contributed by atoms with E-state index in [4.69, 9.17) is 5.73 Å². The van der Waals surface area contributed by atoms with Gasteiger partial charge in [-0.25, -0.2) is 0 Å². The van der Waals surface area contributed by atoms with E-state index in [2.05, 4.69) is 13.8 Å². The van der Waals surface area contributed by atoms with E-state index in [-0.39, 0.29) is 11.9 Å². The van der Waals surface area contributed by atoms with Gasteiger partial charge in [0, 0.05) is 19.0 Å². The van der Waals surface area contributed by atoms with Gasteiger partial charge in [-0.2, -0.15) is 0 Å². The molecule has 2 atom stereocenters. The minimum atomic E-state index is 0.0642. The highest BCUT2D eigenvalue weighted by atomic mass is 16.2. The molecule has 86 valence electrons. The molecule has 2 fully saturated rings. The summed E-state index contributed by atoms with van der Waals surface area (Å²) in [4.78, 5) is 13.9. The van der Waals surface area contributed by atoms with Crippen LogP contribution in [0.2, 0.25) is 0 Å². The zero-order valence-electron chi connectivity index (χ0n) is 9.83. The first-order chi connectivity index (χ1) is 7.08. The molecule has 3 nitrogen and oxygen atoms in total. The second kappa shape index (κ2) is 3.78. The number of amides is 1. The van der Waals surface area contributed by atoms with Crippen LogP contribution in [0.5, 0.6) is 0 Å². The fourth-order valence-electron chi connectivity index (χ4n) is 3.24. The van der Waals surface area contributed by atoms with E-state index in [1.165, 1.54) is 19.3 Å². The SMILES string of the molecule is CCCN1C(=O)C[C@H](N)[C@H]1C1(C)CCC1. The number of carbonyl (C=O) groups is 1. The fraction of sp³-hybridized carbons (Fsp3) is 0.917. The number of nitrogens with zero attached hydrogens (tertiary/aromatic N) is 1. The van der Waals surface area contributed by atoms with Crippen LogP contribution in [-0.2, 0) is 4.79 Å². The van der Waals surface area contributed by atoms with E-state index in [1.807, 2.05) is 4.90 Å². The Morgan fingerprint density at radius 3 is 2.67 bits per heavy atom. The molecule has 1 saturated carbocycles. The predicted molar refractivity (Wildman–Crippen MR) is 60.3 cm³/mol. The van der Waals surface area contributed by atoms with E-state index in [1.54, 1.807) is 0 Å². The van der Waals surface area contributed by atoms with Gasteiger partial charge in [0.25, 0.3) is 0 Å². The van der Waals surface area contributed by atoms with Crippen LogP contribution in [-0.4, -0.2) is 29.4 Å². The van der Waals surface area contributed by atoms with E-state index in [9.17, 15) is 4.79 Å². The van der Waals surface area contributed by atoms with Gasteiger partial charge in [0.1, 0.15) is 0 Å². The monoisotopic (exact) mass is 210 g/mol. The summed E-state index contributed by atoms with van der Waals surface area (Å²) in [5, 5.41) is 0. The number of likely N-dealkylation sites (tertiary alicyclic amines) is 1. The maximum atomic E-state index is 11.8. The van der Waals surface area contributed by atoms with Gasteiger partial charge in [0.05, 0.1) is 6.04 Å². The Balaban J connectivity index is 2.15. The van der Waals surface area contributed by atoms with Gasteiger partial charge in [-0.1, -0.05) is 20.3 Å². The summed E-state index contributed by atoms with van der Waals surface area (Å²) >= 11 is 0. The van der Waals surface area contributed by atoms with Gasteiger partial charge in [-0.05, 0) is 24.7 Å². The van der Waals surface area contributed by atoms with Gasteiger partial charge in [-0.3, -0.25) is 4.79 Å². The zero-order chi connectivity index (χ0) is 11.1. The summed E-state index contributed by atoms with van der Waals surface area (Å²) in [5.41, 5.74) is 6.43. The van der Waals surface area contributed by atoms with Crippen molar-refractivity contribution in [3.63, 3.8) is 0 Å². The molecule has 3 heteroatoms. The molecule has 1 saturated heterocycles. The second-order valence-corrected chi connectivity index (χ2v) is 5.41. The molecule has 2 aliphatic rings. The molecule has 0 aromatic rings. The maximum Gasteiger partial charge on any atom is 0.224 e. The molecule has 0 bridgehead atoms. The standard InChI is InChI=1S/C12H22N2O/c1-3-7-14-10(15)8-9(13)11(14)12(2)5-4-6-12/h9,11H,3-8,13H2,1-2H3/t9-,11-/m0/s1. The highest BCUT2D eigenvalue weighted by molar-refractivity contribution is 5.80. The molecular weight excluding hydrogens is 188 g/mol. The van der Waals surface area contributed by atoms with Gasteiger partial charge in [-0.15, -0.1) is 0 Å². The van der Waals surface area contributed by atoms with Crippen LogP contribution in [0.4, 0.5) is 0 Å². The summed E-state index contributed by atoms with van der Waals surface area (Å²) in [5.74, 6) is 0.266. The molecule has 0 unspecified atom stereocenters. The lowest BCUT2D eigenvalue weighted by Crippen LogP contribution is -2.54. The van der Waals surface area contributed by atoms with Crippen molar-refractivity contribution in [3.05, 3.63) is 0 Å². The third-order valence-corrected chi connectivity index (χ3v) is 4.15. The Morgan fingerprint density at radius 2 is 2.20 bits per heavy atom.